The van der Waals surface area contributed by atoms with Crippen LogP contribution in [0, 0.1) is 0 Å². The number of carboxylic acids is 1. The Hall–Kier alpha value is -1.88. The Labute approximate surface area is 112 Å². The zero-order chi connectivity index (χ0) is 13.8. The fraction of sp³-hybridized carbons (Fsp3) is 0.429. The summed E-state index contributed by atoms with van der Waals surface area (Å²) in [6, 6.07) is 6.55. The van der Waals surface area contributed by atoms with Gasteiger partial charge in [-0.2, -0.15) is 0 Å². The first-order valence-corrected chi connectivity index (χ1v) is 6.45. The number of hydrogen-bond acceptors (Lipinski definition) is 3. The Morgan fingerprint density at radius 2 is 2.11 bits per heavy atom. The topological polar surface area (TPSA) is 83.6 Å². The summed E-state index contributed by atoms with van der Waals surface area (Å²) in [5.74, 6) is -1.11. The van der Waals surface area contributed by atoms with Gasteiger partial charge >= 0.3 is 5.97 Å². The number of carbonyl (C=O) groups is 2. The highest BCUT2D eigenvalue weighted by Crippen LogP contribution is 2.30. The van der Waals surface area contributed by atoms with Gasteiger partial charge in [0.1, 0.15) is 0 Å². The monoisotopic (exact) mass is 262 g/mol. The van der Waals surface area contributed by atoms with Gasteiger partial charge in [-0.3, -0.25) is 4.79 Å². The number of fused-ring (bicyclic) bond motifs is 1. The van der Waals surface area contributed by atoms with Crippen molar-refractivity contribution in [1.29, 1.82) is 0 Å². The number of rotatable bonds is 4. The van der Waals surface area contributed by atoms with E-state index in [1.807, 2.05) is 18.2 Å². The average molecular weight is 262 g/mol. The molecule has 1 aliphatic rings. The van der Waals surface area contributed by atoms with Crippen LogP contribution in [0.1, 0.15) is 30.0 Å². The van der Waals surface area contributed by atoms with Crippen molar-refractivity contribution in [1.82, 2.24) is 4.90 Å². The molecule has 0 fully saturated rings. The van der Waals surface area contributed by atoms with E-state index in [4.69, 9.17) is 5.73 Å². The Morgan fingerprint density at radius 3 is 2.79 bits per heavy atom. The van der Waals surface area contributed by atoms with Gasteiger partial charge in [0.2, 0.25) is 5.91 Å². The third-order valence-electron chi connectivity index (χ3n) is 3.43. The van der Waals surface area contributed by atoms with Gasteiger partial charge in [0, 0.05) is 13.0 Å². The summed E-state index contributed by atoms with van der Waals surface area (Å²) >= 11 is 0. The summed E-state index contributed by atoms with van der Waals surface area (Å²) in [5, 5.41) is 9.41. The van der Waals surface area contributed by atoms with E-state index in [0.29, 0.717) is 32.4 Å². The lowest BCUT2D eigenvalue weighted by molar-refractivity contribution is -0.151. The normalized spacial score (nSPS) is 17.9. The van der Waals surface area contributed by atoms with Crippen LogP contribution in [0.3, 0.4) is 0 Å². The smallest absolute Gasteiger partial charge is 0.331 e. The molecule has 0 spiro atoms. The first kappa shape index (κ1) is 13.5. The third kappa shape index (κ3) is 2.76. The Kier molecular flexibility index (Phi) is 4.16. The summed E-state index contributed by atoms with van der Waals surface area (Å²) in [6.07, 6.45) is 1.60. The molecule has 1 heterocycles. The number of carbonyl (C=O) groups excluding carboxylic acids is 1. The molecule has 19 heavy (non-hydrogen) atoms. The highest BCUT2D eigenvalue weighted by molar-refractivity contribution is 5.85. The second-order valence-corrected chi connectivity index (χ2v) is 4.67. The largest absolute Gasteiger partial charge is 0.479 e. The Morgan fingerprint density at radius 1 is 1.37 bits per heavy atom. The molecule has 1 unspecified atom stereocenters. The molecule has 5 nitrogen and oxygen atoms in total. The lowest BCUT2D eigenvalue weighted by Gasteiger charge is -2.34. The number of hydrogen-bond donors (Lipinski definition) is 2. The molecule has 2 rings (SSSR count). The fourth-order valence-electron chi connectivity index (χ4n) is 2.50. The lowest BCUT2D eigenvalue weighted by atomic mass is 9.92. The zero-order valence-electron chi connectivity index (χ0n) is 10.7. The van der Waals surface area contributed by atoms with Gasteiger partial charge in [-0.05, 0) is 30.5 Å². The van der Waals surface area contributed by atoms with Gasteiger partial charge in [-0.1, -0.05) is 24.3 Å². The molecule has 1 aliphatic heterocycles. The molecule has 0 aliphatic carbocycles. The van der Waals surface area contributed by atoms with Crippen molar-refractivity contribution >= 4 is 11.9 Å². The molecule has 0 radical (unpaired) electrons. The van der Waals surface area contributed by atoms with Crippen LogP contribution in [0.25, 0.3) is 0 Å². The van der Waals surface area contributed by atoms with E-state index in [9.17, 15) is 14.7 Å². The molecule has 1 aromatic rings. The maximum atomic E-state index is 12.1. The van der Waals surface area contributed by atoms with Gasteiger partial charge in [0.25, 0.3) is 0 Å². The summed E-state index contributed by atoms with van der Waals surface area (Å²) in [4.78, 5) is 25.0. The Bertz CT molecular complexity index is 487. The summed E-state index contributed by atoms with van der Waals surface area (Å²) in [7, 11) is 0. The van der Waals surface area contributed by atoms with Crippen LogP contribution in [0.2, 0.25) is 0 Å². The number of amides is 1. The van der Waals surface area contributed by atoms with E-state index in [1.165, 1.54) is 4.90 Å². The number of carboxylic acid groups (broad SMARTS) is 1. The van der Waals surface area contributed by atoms with Crippen molar-refractivity contribution in [3.8, 4) is 0 Å². The first-order chi connectivity index (χ1) is 9.15. The molecular formula is C14H18N2O3. The molecule has 0 saturated heterocycles. The van der Waals surface area contributed by atoms with Crippen molar-refractivity contribution < 1.29 is 14.7 Å². The standard InChI is InChI=1S/C14H18N2O3/c15-8-3-6-12(17)16-9-7-10-4-1-2-5-11(10)13(16)14(18)19/h1-2,4-5,13H,3,6-9,15H2,(H,18,19). The minimum absolute atomic E-state index is 0.132. The van der Waals surface area contributed by atoms with Crippen LogP contribution < -0.4 is 5.73 Å². The molecule has 1 atom stereocenters. The van der Waals surface area contributed by atoms with Gasteiger partial charge in [-0.15, -0.1) is 0 Å². The highest BCUT2D eigenvalue weighted by atomic mass is 16.4. The van der Waals surface area contributed by atoms with Crippen LogP contribution in [-0.2, 0) is 16.0 Å². The van der Waals surface area contributed by atoms with Crippen molar-refractivity contribution in [3.05, 3.63) is 35.4 Å². The molecule has 0 bridgehead atoms. The summed E-state index contributed by atoms with van der Waals surface area (Å²) < 4.78 is 0. The van der Waals surface area contributed by atoms with E-state index in [1.54, 1.807) is 6.07 Å². The summed E-state index contributed by atoms with van der Waals surface area (Å²) in [6.45, 7) is 0.894. The second-order valence-electron chi connectivity index (χ2n) is 4.67. The van der Waals surface area contributed by atoms with E-state index < -0.39 is 12.0 Å². The third-order valence-corrected chi connectivity index (χ3v) is 3.43. The Balaban J connectivity index is 2.27. The van der Waals surface area contributed by atoms with Gasteiger partial charge in [0.15, 0.2) is 6.04 Å². The van der Waals surface area contributed by atoms with Crippen molar-refractivity contribution in [2.75, 3.05) is 13.1 Å². The molecule has 0 aromatic heterocycles. The molecule has 1 amide bonds. The molecular weight excluding hydrogens is 244 g/mol. The average Bonchev–Trinajstić information content (AvgIpc) is 2.43. The van der Waals surface area contributed by atoms with Gasteiger partial charge < -0.3 is 15.7 Å². The number of benzene rings is 1. The van der Waals surface area contributed by atoms with E-state index in [0.717, 1.165) is 11.1 Å². The SMILES string of the molecule is NCCCC(=O)N1CCc2ccccc2C1C(=O)O. The summed E-state index contributed by atoms with van der Waals surface area (Å²) in [5.41, 5.74) is 7.13. The van der Waals surface area contributed by atoms with Gasteiger partial charge in [-0.25, -0.2) is 4.79 Å². The lowest BCUT2D eigenvalue weighted by Crippen LogP contribution is -2.43. The maximum Gasteiger partial charge on any atom is 0.331 e. The molecule has 0 saturated carbocycles. The van der Waals surface area contributed by atoms with Crippen LogP contribution in [0.4, 0.5) is 0 Å². The van der Waals surface area contributed by atoms with Crippen LogP contribution >= 0.6 is 0 Å². The van der Waals surface area contributed by atoms with Crippen LogP contribution in [-0.4, -0.2) is 35.0 Å². The van der Waals surface area contributed by atoms with Gasteiger partial charge in [0.05, 0.1) is 0 Å². The van der Waals surface area contributed by atoms with E-state index >= 15 is 0 Å². The zero-order valence-corrected chi connectivity index (χ0v) is 10.7. The highest BCUT2D eigenvalue weighted by Gasteiger charge is 2.35. The van der Waals surface area contributed by atoms with Crippen LogP contribution in [0.15, 0.2) is 24.3 Å². The first-order valence-electron chi connectivity index (χ1n) is 6.45. The maximum absolute atomic E-state index is 12.1. The van der Waals surface area contributed by atoms with Crippen LogP contribution in [0.5, 0.6) is 0 Å². The molecule has 5 heteroatoms. The van der Waals surface area contributed by atoms with Crippen molar-refractivity contribution in [2.24, 2.45) is 5.73 Å². The van der Waals surface area contributed by atoms with E-state index in [-0.39, 0.29) is 5.91 Å². The second kappa shape index (κ2) is 5.84. The van der Waals surface area contributed by atoms with Crippen molar-refractivity contribution in [3.63, 3.8) is 0 Å². The molecule has 3 N–H and O–H groups in total. The number of nitrogens with zero attached hydrogens (tertiary/aromatic N) is 1. The van der Waals surface area contributed by atoms with E-state index in [2.05, 4.69) is 0 Å². The minimum Gasteiger partial charge on any atom is -0.479 e. The molecule has 1 aromatic carbocycles. The number of nitrogens with two attached hydrogens (primary N) is 1. The fourth-order valence-corrected chi connectivity index (χ4v) is 2.50. The predicted octanol–water partition coefficient (Wildman–Crippen LogP) is 0.936. The minimum atomic E-state index is -0.978. The molecule has 102 valence electrons. The quantitative estimate of drug-likeness (QED) is 0.845. The number of aliphatic carboxylic acids is 1. The predicted molar refractivity (Wildman–Crippen MR) is 70.5 cm³/mol. The van der Waals surface area contributed by atoms with Crippen molar-refractivity contribution in [2.45, 2.75) is 25.3 Å².